The van der Waals surface area contributed by atoms with E-state index in [2.05, 4.69) is 40.8 Å². The lowest BCUT2D eigenvalue weighted by atomic mass is 10.2. The Morgan fingerprint density at radius 3 is 2.93 bits per heavy atom. The summed E-state index contributed by atoms with van der Waals surface area (Å²) in [6.45, 7) is 2.01. The largest absolute Gasteiger partial charge is 0.360 e. The Kier molecular flexibility index (Phi) is 3.92. The van der Waals surface area contributed by atoms with E-state index in [0.717, 1.165) is 22.4 Å². The van der Waals surface area contributed by atoms with Crippen LogP contribution in [0, 0.1) is 0 Å². The monoisotopic (exact) mass is 378 g/mol. The van der Waals surface area contributed by atoms with Gasteiger partial charge in [0.15, 0.2) is 5.82 Å². The van der Waals surface area contributed by atoms with Crippen LogP contribution in [-0.2, 0) is 0 Å². The van der Waals surface area contributed by atoms with Crippen LogP contribution in [0.2, 0.25) is 0 Å². The van der Waals surface area contributed by atoms with Gasteiger partial charge in [0, 0.05) is 30.1 Å². The van der Waals surface area contributed by atoms with E-state index < -0.39 is 6.17 Å². The summed E-state index contributed by atoms with van der Waals surface area (Å²) >= 11 is 0. The van der Waals surface area contributed by atoms with Gasteiger partial charge in [-0.15, -0.1) is 0 Å². The molecule has 0 saturated heterocycles. The highest BCUT2D eigenvalue weighted by Crippen LogP contribution is 2.43. The number of H-pyrrole nitrogens is 2. The molecule has 0 amide bonds. The van der Waals surface area contributed by atoms with Crippen molar-refractivity contribution in [3.8, 4) is 0 Å². The Labute approximate surface area is 160 Å². The van der Waals surface area contributed by atoms with Crippen molar-refractivity contribution < 1.29 is 4.39 Å². The van der Waals surface area contributed by atoms with Crippen LogP contribution in [0.1, 0.15) is 36.7 Å². The number of hydrogen-bond donors (Lipinski definition) is 4. The average Bonchev–Trinajstić information content (AvgIpc) is 3.09. The SMILES string of the molecule is C[C@H](Nc1nccc(Nc2cc([C@H]3C[C@@H]3F)[nH]n2)n1)c1ccc2[nH]ccc2n1. The maximum Gasteiger partial charge on any atom is 0.225 e. The van der Waals surface area contributed by atoms with E-state index in [-0.39, 0.29) is 12.0 Å². The van der Waals surface area contributed by atoms with Crippen LogP contribution < -0.4 is 10.6 Å². The third-order valence-electron chi connectivity index (χ3n) is 4.84. The molecule has 4 aromatic heterocycles. The topological polar surface area (TPSA) is 107 Å². The predicted molar refractivity (Wildman–Crippen MR) is 104 cm³/mol. The van der Waals surface area contributed by atoms with E-state index in [0.29, 0.717) is 24.0 Å². The van der Waals surface area contributed by atoms with Crippen LogP contribution in [0.25, 0.3) is 11.0 Å². The van der Waals surface area contributed by atoms with Crippen LogP contribution in [-0.4, -0.2) is 36.3 Å². The van der Waals surface area contributed by atoms with Crippen LogP contribution >= 0.6 is 0 Å². The van der Waals surface area contributed by atoms with Gasteiger partial charge >= 0.3 is 0 Å². The zero-order valence-electron chi connectivity index (χ0n) is 15.1. The molecule has 1 aliphatic carbocycles. The lowest BCUT2D eigenvalue weighted by Crippen LogP contribution is -2.11. The normalized spacial score (nSPS) is 19.5. The fourth-order valence-corrected chi connectivity index (χ4v) is 3.16. The Bertz CT molecular complexity index is 1120. The maximum absolute atomic E-state index is 13.2. The van der Waals surface area contributed by atoms with Gasteiger partial charge in [-0.25, -0.2) is 14.4 Å². The summed E-state index contributed by atoms with van der Waals surface area (Å²) in [7, 11) is 0. The molecular weight excluding hydrogens is 359 g/mol. The molecule has 0 spiro atoms. The maximum atomic E-state index is 13.2. The number of nitrogens with zero attached hydrogens (tertiary/aromatic N) is 4. The molecule has 0 unspecified atom stereocenters. The Balaban J connectivity index is 1.29. The number of aromatic amines is 2. The van der Waals surface area contributed by atoms with Gasteiger partial charge in [0.2, 0.25) is 5.95 Å². The standard InChI is InChI=1S/C19H19FN8/c1-10(13-2-3-14-15(24-13)4-6-21-14)23-19-22-7-5-17(26-19)25-18-9-16(27-28-18)11-8-12(11)20/h2-7,9-12,21H,8H2,1H3,(H3,22,23,25,26,27,28)/t10-,11-,12-/m0/s1. The first-order valence-corrected chi connectivity index (χ1v) is 9.16. The molecule has 4 aromatic rings. The average molecular weight is 378 g/mol. The van der Waals surface area contributed by atoms with Crippen molar-refractivity contribution in [1.29, 1.82) is 0 Å². The summed E-state index contributed by atoms with van der Waals surface area (Å²) in [6.07, 6.45) is 3.33. The van der Waals surface area contributed by atoms with Gasteiger partial charge in [-0.05, 0) is 37.6 Å². The number of nitrogens with one attached hydrogen (secondary N) is 4. The lowest BCUT2D eigenvalue weighted by molar-refractivity contribution is 0.466. The zero-order valence-corrected chi connectivity index (χ0v) is 15.1. The van der Waals surface area contributed by atoms with E-state index in [1.165, 1.54) is 0 Å². The van der Waals surface area contributed by atoms with Gasteiger partial charge in [0.05, 0.1) is 22.8 Å². The molecule has 4 heterocycles. The third-order valence-corrected chi connectivity index (χ3v) is 4.84. The van der Waals surface area contributed by atoms with E-state index in [4.69, 9.17) is 0 Å². The molecule has 1 fully saturated rings. The highest BCUT2D eigenvalue weighted by molar-refractivity contribution is 5.74. The minimum atomic E-state index is -0.760. The smallest absolute Gasteiger partial charge is 0.225 e. The molecule has 0 bridgehead atoms. The minimum absolute atomic E-state index is 0.0589. The third kappa shape index (κ3) is 3.26. The molecule has 8 nitrogen and oxygen atoms in total. The zero-order chi connectivity index (χ0) is 19.1. The van der Waals surface area contributed by atoms with Crippen molar-refractivity contribution in [3.05, 3.63) is 54.1 Å². The Morgan fingerprint density at radius 1 is 1.18 bits per heavy atom. The van der Waals surface area contributed by atoms with Gasteiger partial charge in [-0.1, -0.05) is 0 Å². The quantitative estimate of drug-likeness (QED) is 0.406. The summed E-state index contributed by atoms with van der Waals surface area (Å²) in [5.74, 6) is 1.63. The molecule has 0 aliphatic heterocycles. The van der Waals surface area contributed by atoms with Crippen molar-refractivity contribution >= 4 is 28.6 Å². The second-order valence-electron chi connectivity index (χ2n) is 6.97. The molecule has 3 atom stereocenters. The number of halogens is 1. The van der Waals surface area contributed by atoms with E-state index >= 15 is 0 Å². The summed E-state index contributed by atoms with van der Waals surface area (Å²) in [5, 5.41) is 13.4. The molecule has 0 radical (unpaired) electrons. The van der Waals surface area contributed by atoms with Crippen molar-refractivity contribution in [2.75, 3.05) is 10.6 Å². The molecule has 1 aliphatic rings. The lowest BCUT2D eigenvalue weighted by Gasteiger charge is -2.14. The molecule has 9 heteroatoms. The molecule has 28 heavy (non-hydrogen) atoms. The number of fused-ring (bicyclic) bond motifs is 1. The predicted octanol–water partition coefficient (Wildman–Crippen LogP) is 3.82. The van der Waals surface area contributed by atoms with Gasteiger partial charge in [-0.3, -0.25) is 5.10 Å². The van der Waals surface area contributed by atoms with Gasteiger partial charge in [0.1, 0.15) is 12.0 Å². The van der Waals surface area contributed by atoms with Crippen LogP contribution in [0.3, 0.4) is 0 Å². The highest BCUT2D eigenvalue weighted by Gasteiger charge is 2.40. The van der Waals surface area contributed by atoms with Crippen LogP contribution in [0.4, 0.5) is 22.0 Å². The van der Waals surface area contributed by atoms with Crippen molar-refractivity contribution in [2.45, 2.75) is 31.5 Å². The second-order valence-corrected chi connectivity index (χ2v) is 6.97. The number of aromatic nitrogens is 6. The summed E-state index contributed by atoms with van der Waals surface area (Å²) in [5.41, 5.74) is 3.63. The second kappa shape index (κ2) is 6.59. The molecule has 4 N–H and O–H groups in total. The number of hydrogen-bond acceptors (Lipinski definition) is 6. The summed E-state index contributed by atoms with van der Waals surface area (Å²) < 4.78 is 13.2. The van der Waals surface area contributed by atoms with Crippen molar-refractivity contribution in [2.24, 2.45) is 0 Å². The first-order chi connectivity index (χ1) is 13.7. The molecule has 1 saturated carbocycles. The van der Waals surface area contributed by atoms with Gasteiger partial charge in [-0.2, -0.15) is 10.1 Å². The van der Waals surface area contributed by atoms with E-state index in [9.17, 15) is 4.39 Å². The first kappa shape index (κ1) is 16.7. The summed E-state index contributed by atoms with van der Waals surface area (Å²) in [4.78, 5) is 16.5. The number of alkyl halides is 1. The molecule has 142 valence electrons. The van der Waals surface area contributed by atoms with Gasteiger partial charge < -0.3 is 15.6 Å². The Morgan fingerprint density at radius 2 is 2.07 bits per heavy atom. The van der Waals surface area contributed by atoms with Gasteiger partial charge in [0.25, 0.3) is 0 Å². The fourth-order valence-electron chi connectivity index (χ4n) is 3.16. The van der Waals surface area contributed by atoms with Crippen molar-refractivity contribution in [3.63, 3.8) is 0 Å². The molecule has 5 rings (SSSR count). The van der Waals surface area contributed by atoms with E-state index in [1.807, 2.05) is 37.4 Å². The number of rotatable bonds is 6. The van der Waals surface area contributed by atoms with Crippen molar-refractivity contribution in [1.82, 2.24) is 30.1 Å². The number of anilines is 3. The molecule has 0 aromatic carbocycles. The minimum Gasteiger partial charge on any atom is -0.360 e. The fraction of sp³-hybridized carbons (Fsp3) is 0.263. The number of pyridine rings is 1. The molecular formula is C19H19FN8. The first-order valence-electron chi connectivity index (χ1n) is 9.16. The highest BCUT2D eigenvalue weighted by atomic mass is 19.1. The summed E-state index contributed by atoms with van der Waals surface area (Å²) in [6, 6.07) is 9.42. The van der Waals surface area contributed by atoms with Crippen LogP contribution in [0.5, 0.6) is 0 Å². The van der Waals surface area contributed by atoms with Crippen LogP contribution in [0.15, 0.2) is 42.7 Å². The Hall–Kier alpha value is -3.49. The van der Waals surface area contributed by atoms with E-state index in [1.54, 1.807) is 12.3 Å².